The minimum Gasteiger partial charge on any atom is -0.457 e. The number of hydrogen-bond acceptors (Lipinski definition) is 7. The van der Waals surface area contributed by atoms with Crippen LogP contribution >= 0.6 is 0 Å². The van der Waals surface area contributed by atoms with E-state index in [1.165, 1.54) is 0 Å². The molecule has 0 aliphatic heterocycles. The van der Waals surface area contributed by atoms with Gasteiger partial charge < -0.3 is 20.4 Å². The van der Waals surface area contributed by atoms with Crippen molar-refractivity contribution < 1.29 is 9.53 Å². The molecule has 4 aromatic rings. The topological polar surface area (TPSA) is 121 Å². The van der Waals surface area contributed by atoms with Crippen molar-refractivity contribution in [3.05, 3.63) is 78.3 Å². The van der Waals surface area contributed by atoms with Crippen molar-refractivity contribution in [3.63, 3.8) is 0 Å². The van der Waals surface area contributed by atoms with Crippen LogP contribution in [0.4, 0.5) is 5.82 Å². The maximum absolute atomic E-state index is 13.0. The Hall–Kier alpha value is -4.48. The number of anilines is 1. The first kappa shape index (κ1) is 23.7. The molecule has 8 nitrogen and oxygen atoms in total. The third kappa shape index (κ3) is 4.90. The van der Waals surface area contributed by atoms with E-state index in [2.05, 4.69) is 15.0 Å². The van der Waals surface area contributed by atoms with E-state index >= 15 is 0 Å². The predicted molar refractivity (Wildman–Crippen MR) is 136 cm³/mol. The minimum atomic E-state index is -0.574. The normalized spacial score (nSPS) is 12.1. The number of likely N-dealkylation sites (N-methyl/N-ethyl adjacent to an activating group) is 1. The monoisotopic (exact) mass is 466 g/mol. The summed E-state index contributed by atoms with van der Waals surface area (Å²) in [6, 6.07) is 19.1. The number of allylic oxidation sites excluding steroid dienone is 1. The first-order valence-corrected chi connectivity index (χ1v) is 11.0. The van der Waals surface area contributed by atoms with Crippen molar-refractivity contribution in [2.45, 2.75) is 19.4 Å². The highest BCUT2D eigenvalue weighted by Crippen LogP contribution is 2.33. The number of carbonyl (C=O) groups is 1. The van der Waals surface area contributed by atoms with Gasteiger partial charge in [0.1, 0.15) is 34.6 Å². The Bertz CT molecular complexity index is 1450. The fourth-order valence-electron chi connectivity index (χ4n) is 3.47. The van der Waals surface area contributed by atoms with Crippen molar-refractivity contribution in [2.24, 2.45) is 0 Å². The van der Waals surface area contributed by atoms with Crippen LogP contribution in [0, 0.1) is 11.3 Å². The van der Waals surface area contributed by atoms with Gasteiger partial charge in [0.25, 0.3) is 0 Å². The molecule has 8 heteroatoms. The van der Waals surface area contributed by atoms with Gasteiger partial charge in [0, 0.05) is 17.3 Å². The highest BCUT2D eigenvalue weighted by molar-refractivity contribution is 6.11. The Morgan fingerprint density at radius 2 is 1.74 bits per heavy atom. The van der Waals surface area contributed by atoms with E-state index in [0.717, 1.165) is 16.9 Å². The lowest BCUT2D eigenvalue weighted by Gasteiger charge is -2.29. The van der Waals surface area contributed by atoms with Gasteiger partial charge in [-0.1, -0.05) is 30.3 Å². The van der Waals surface area contributed by atoms with Crippen molar-refractivity contribution >= 4 is 22.6 Å². The first-order valence-electron chi connectivity index (χ1n) is 11.0. The van der Waals surface area contributed by atoms with Gasteiger partial charge in [-0.2, -0.15) is 5.26 Å². The molecule has 0 saturated carbocycles. The Kier molecular flexibility index (Phi) is 6.36. The Labute approximate surface area is 203 Å². The maximum Gasteiger partial charge on any atom is 0.240 e. The number of nitriles is 1. The fraction of sp³-hybridized carbons (Fsp3) is 0.185. The number of ketones is 1. The Balaban J connectivity index is 1.65. The molecule has 176 valence electrons. The molecule has 35 heavy (non-hydrogen) atoms. The van der Waals surface area contributed by atoms with Crippen LogP contribution < -0.4 is 10.5 Å². The van der Waals surface area contributed by atoms with Gasteiger partial charge in [-0.15, -0.1) is 0 Å². The Morgan fingerprint density at radius 3 is 2.37 bits per heavy atom. The number of nitrogens with zero attached hydrogens (tertiary/aromatic N) is 4. The van der Waals surface area contributed by atoms with Gasteiger partial charge in [0.05, 0.1) is 5.39 Å². The first-order chi connectivity index (χ1) is 16.7. The number of benzene rings is 2. The van der Waals surface area contributed by atoms with Crippen LogP contribution in [-0.2, 0) is 0 Å². The minimum absolute atomic E-state index is 0.0387. The zero-order chi connectivity index (χ0) is 25.2. The molecule has 0 aliphatic rings. The molecule has 0 amide bonds. The van der Waals surface area contributed by atoms with Crippen LogP contribution in [0.3, 0.4) is 0 Å². The molecule has 0 saturated heterocycles. The van der Waals surface area contributed by atoms with Crippen molar-refractivity contribution in [1.29, 1.82) is 5.26 Å². The summed E-state index contributed by atoms with van der Waals surface area (Å²) in [6.45, 7) is 3.81. The summed E-state index contributed by atoms with van der Waals surface area (Å²) in [5.74, 6) is 0.908. The number of aromatic nitrogens is 3. The number of nitrogens with two attached hydrogens (primary N) is 1. The lowest BCUT2D eigenvalue weighted by Crippen LogP contribution is -2.36. The molecule has 2 heterocycles. The van der Waals surface area contributed by atoms with E-state index in [-0.39, 0.29) is 17.2 Å². The van der Waals surface area contributed by atoms with E-state index in [4.69, 9.17) is 10.5 Å². The molecule has 0 radical (unpaired) electrons. The van der Waals surface area contributed by atoms with E-state index < -0.39 is 11.3 Å². The molecule has 0 fully saturated rings. The number of Topliss-reactive ketones (excluding diaryl/α,β-unsaturated/α-hetero) is 1. The van der Waals surface area contributed by atoms with Crippen LogP contribution in [0.1, 0.15) is 24.5 Å². The summed E-state index contributed by atoms with van der Waals surface area (Å²) in [7, 11) is 3.74. The summed E-state index contributed by atoms with van der Waals surface area (Å²) >= 11 is 0. The summed E-state index contributed by atoms with van der Waals surface area (Å²) in [5.41, 5.74) is 7.83. The lowest BCUT2D eigenvalue weighted by atomic mass is 9.98. The van der Waals surface area contributed by atoms with Crippen LogP contribution in [0.2, 0.25) is 0 Å². The molecule has 2 aromatic carbocycles. The number of H-pyrrole nitrogens is 1. The third-order valence-corrected chi connectivity index (χ3v) is 5.92. The summed E-state index contributed by atoms with van der Waals surface area (Å²) < 4.78 is 5.86. The van der Waals surface area contributed by atoms with Crippen LogP contribution in [-0.4, -0.2) is 45.3 Å². The van der Waals surface area contributed by atoms with Gasteiger partial charge in [-0.05, 0) is 63.8 Å². The fourth-order valence-corrected chi connectivity index (χ4v) is 3.47. The average molecular weight is 467 g/mol. The van der Waals surface area contributed by atoms with Gasteiger partial charge >= 0.3 is 0 Å². The SMILES string of the molecule is CN(C)C(C)(C)C=C(C#N)C(=O)c1nc(N)c2c(-c3ccc(Oc4ccccc4)cc3)c[nH]c2n1. The summed E-state index contributed by atoms with van der Waals surface area (Å²) in [4.78, 5) is 26.6. The molecule has 0 bridgehead atoms. The van der Waals surface area contributed by atoms with Crippen molar-refractivity contribution in [2.75, 3.05) is 19.8 Å². The molecule has 3 N–H and O–H groups in total. The van der Waals surface area contributed by atoms with Gasteiger partial charge in [-0.25, -0.2) is 9.97 Å². The molecule has 0 aliphatic carbocycles. The largest absolute Gasteiger partial charge is 0.457 e. The molecule has 0 unspecified atom stereocenters. The van der Waals surface area contributed by atoms with E-state index in [1.807, 2.05) is 93.5 Å². The van der Waals surface area contributed by atoms with Crippen LogP contribution in [0.5, 0.6) is 11.5 Å². The second kappa shape index (κ2) is 9.41. The molecular weight excluding hydrogens is 440 g/mol. The van der Waals surface area contributed by atoms with E-state index in [9.17, 15) is 10.1 Å². The van der Waals surface area contributed by atoms with Crippen molar-refractivity contribution in [3.8, 4) is 28.7 Å². The number of nitrogen functional groups attached to an aromatic ring is 1. The lowest BCUT2D eigenvalue weighted by molar-refractivity contribution is 0.102. The summed E-state index contributed by atoms with van der Waals surface area (Å²) in [6.07, 6.45) is 3.38. The maximum atomic E-state index is 13.0. The second-order valence-electron chi connectivity index (χ2n) is 8.84. The average Bonchev–Trinajstić information content (AvgIpc) is 3.28. The number of ether oxygens (including phenoxy) is 1. The van der Waals surface area contributed by atoms with Crippen molar-refractivity contribution in [1.82, 2.24) is 19.9 Å². The standard InChI is InChI=1S/C27H26N6O2/c1-27(2,33(3)4)14-18(15-28)23(34)26-31-24(29)22-21(16-30-25(22)32-26)17-10-12-20(13-11-17)35-19-8-6-5-7-9-19/h5-14,16H,1-4H3,(H3,29,30,31,32). The number of carbonyl (C=O) groups excluding carboxylic acids is 1. The number of fused-ring (bicyclic) bond motifs is 1. The highest BCUT2D eigenvalue weighted by atomic mass is 16.5. The zero-order valence-corrected chi connectivity index (χ0v) is 20.0. The van der Waals surface area contributed by atoms with E-state index in [0.29, 0.717) is 16.8 Å². The molecule has 4 rings (SSSR count). The number of hydrogen-bond donors (Lipinski definition) is 2. The predicted octanol–water partition coefficient (Wildman–Crippen LogP) is 4.97. The molecule has 0 atom stereocenters. The molecule has 0 spiro atoms. The Morgan fingerprint density at radius 1 is 1.09 bits per heavy atom. The quantitative estimate of drug-likeness (QED) is 0.224. The number of rotatable bonds is 7. The molecule has 2 aromatic heterocycles. The summed E-state index contributed by atoms with van der Waals surface area (Å²) in [5, 5.41) is 10.2. The number of para-hydroxylation sites is 1. The smallest absolute Gasteiger partial charge is 0.240 e. The second-order valence-corrected chi connectivity index (χ2v) is 8.84. The third-order valence-electron chi connectivity index (χ3n) is 5.92. The molecular formula is C27H26N6O2. The van der Waals surface area contributed by atoms with Crippen LogP contribution in [0.25, 0.3) is 22.2 Å². The number of nitrogens with one attached hydrogen (secondary N) is 1. The van der Waals surface area contributed by atoms with E-state index in [1.54, 1.807) is 12.3 Å². The highest BCUT2D eigenvalue weighted by Gasteiger charge is 2.24. The van der Waals surface area contributed by atoms with Gasteiger partial charge in [0.2, 0.25) is 11.6 Å². The van der Waals surface area contributed by atoms with Crippen LogP contribution in [0.15, 0.2) is 72.4 Å². The van der Waals surface area contributed by atoms with Gasteiger partial charge in [-0.3, -0.25) is 4.79 Å². The zero-order valence-electron chi connectivity index (χ0n) is 20.0. The van der Waals surface area contributed by atoms with Gasteiger partial charge in [0.15, 0.2) is 0 Å². The number of aromatic amines is 1.